The fourth-order valence-corrected chi connectivity index (χ4v) is 1.74. The normalized spacial score (nSPS) is 10.6. The molecular weight excluding hydrogens is 316 g/mol. The molecule has 0 saturated carbocycles. The van der Waals surface area contributed by atoms with E-state index in [1.165, 1.54) is 6.21 Å². The van der Waals surface area contributed by atoms with Crippen molar-refractivity contribution >= 4 is 23.9 Å². The van der Waals surface area contributed by atoms with E-state index in [1.807, 2.05) is 13.8 Å². The van der Waals surface area contributed by atoms with Crippen molar-refractivity contribution in [1.29, 1.82) is 0 Å². The van der Waals surface area contributed by atoms with Crippen LogP contribution in [0, 0.1) is 0 Å². The van der Waals surface area contributed by atoms with E-state index in [1.54, 1.807) is 18.2 Å². The predicted molar refractivity (Wildman–Crippen MR) is 87.2 cm³/mol. The van der Waals surface area contributed by atoms with Gasteiger partial charge in [0.15, 0.2) is 0 Å². The number of hydrazone groups is 1. The maximum Gasteiger partial charge on any atom is 0.340 e. The molecule has 0 aliphatic heterocycles. The van der Waals surface area contributed by atoms with Gasteiger partial charge in [-0.05, 0) is 36.3 Å². The van der Waals surface area contributed by atoms with E-state index in [0.29, 0.717) is 30.3 Å². The molecule has 10 heteroatoms. The summed E-state index contributed by atoms with van der Waals surface area (Å²) in [5.74, 6) is 1.27. The van der Waals surface area contributed by atoms with Crippen molar-refractivity contribution in [2.45, 2.75) is 13.8 Å². The van der Waals surface area contributed by atoms with E-state index in [0.717, 1.165) is 0 Å². The molecule has 4 N–H and O–H groups in total. The Morgan fingerprint density at radius 1 is 1.33 bits per heavy atom. The highest BCUT2D eigenvalue weighted by Crippen LogP contribution is 2.23. The zero-order valence-corrected chi connectivity index (χ0v) is 13.3. The number of nitrogens with two attached hydrogens (primary N) is 1. The summed E-state index contributed by atoms with van der Waals surface area (Å²) in [6, 6.07) is 4.68. The average Bonchev–Trinajstić information content (AvgIpc) is 2.95. The van der Waals surface area contributed by atoms with Crippen molar-refractivity contribution < 1.29 is 18.9 Å². The SMILES string of the molecule is CCOc1ccc(/C=N\NC(=O)Nc2nonc2N)c(OCC)c1. The molecule has 0 radical (unpaired) electrons. The van der Waals surface area contributed by atoms with Gasteiger partial charge in [0.2, 0.25) is 11.6 Å². The van der Waals surface area contributed by atoms with Crippen LogP contribution >= 0.6 is 0 Å². The lowest BCUT2D eigenvalue weighted by Crippen LogP contribution is -2.24. The highest BCUT2D eigenvalue weighted by molar-refractivity contribution is 5.91. The number of anilines is 2. The summed E-state index contributed by atoms with van der Waals surface area (Å²) in [6.45, 7) is 4.81. The van der Waals surface area contributed by atoms with Crippen LogP contribution in [-0.4, -0.2) is 35.8 Å². The zero-order valence-electron chi connectivity index (χ0n) is 13.3. The Kier molecular flexibility index (Phi) is 5.95. The van der Waals surface area contributed by atoms with Gasteiger partial charge in [-0.25, -0.2) is 14.8 Å². The van der Waals surface area contributed by atoms with Crippen LogP contribution in [0.2, 0.25) is 0 Å². The van der Waals surface area contributed by atoms with Crippen molar-refractivity contribution in [2.75, 3.05) is 24.3 Å². The van der Waals surface area contributed by atoms with Crippen LogP contribution in [0.15, 0.2) is 27.9 Å². The third kappa shape index (κ3) is 4.60. The molecule has 2 amide bonds. The molecule has 1 aromatic carbocycles. The number of nitrogen functional groups attached to an aromatic ring is 1. The maximum atomic E-state index is 11.7. The summed E-state index contributed by atoms with van der Waals surface area (Å²) >= 11 is 0. The topological polar surface area (TPSA) is 137 Å². The summed E-state index contributed by atoms with van der Waals surface area (Å²) < 4.78 is 15.3. The number of nitrogens with zero attached hydrogens (tertiary/aromatic N) is 3. The van der Waals surface area contributed by atoms with Gasteiger partial charge in [0.1, 0.15) is 11.5 Å². The molecule has 0 spiro atoms. The van der Waals surface area contributed by atoms with E-state index in [-0.39, 0.29) is 11.6 Å². The lowest BCUT2D eigenvalue weighted by atomic mass is 10.2. The second kappa shape index (κ2) is 8.36. The lowest BCUT2D eigenvalue weighted by molar-refractivity contribution is 0.252. The zero-order chi connectivity index (χ0) is 17.4. The highest BCUT2D eigenvalue weighted by Gasteiger charge is 2.09. The number of hydrogen-bond donors (Lipinski definition) is 3. The van der Waals surface area contributed by atoms with E-state index < -0.39 is 6.03 Å². The van der Waals surface area contributed by atoms with Crippen LogP contribution in [0.3, 0.4) is 0 Å². The minimum atomic E-state index is -0.641. The van der Waals surface area contributed by atoms with Crippen LogP contribution in [0.1, 0.15) is 19.4 Å². The molecule has 0 bridgehead atoms. The second-order valence-electron chi connectivity index (χ2n) is 4.39. The molecule has 0 unspecified atom stereocenters. The number of rotatable bonds is 7. The molecule has 0 saturated heterocycles. The molecule has 2 aromatic rings. The number of carbonyl (C=O) groups is 1. The monoisotopic (exact) mass is 334 g/mol. The molecule has 1 heterocycles. The van der Waals surface area contributed by atoms with Crippen molar-refractivity contribution in [1.82, 2.24) is 15.7 Å². The largest absolute Gasteiger partial charge is 0.494 e. The van der Waals surface area contributed by atoms with Gasteiger partial charge >= 0.3 is 6.03 Å². The van der Waals surface area contributed by atoms with Crippen molar-refractivity contribution in [3.05, 3.63) is 23.8 Å². The van der Waals surface area contributed by atoms with Crippen molar-refractivity contribution in [3.8, 4) is 11.5 Å². The van der Waals surface area contributed by atoms with Gasteiger partial charge < -0.3 is 15.2 Å². The van der Waals surface area contributed by atoms with E-state index in [4.69, 9.17) is 15.2 Å². The number of carbonyl (C=O) groups excluding carboxylic acids is 1. The summed E-state index contributed by atoms with van der Waals surface area (Å²) in [4.78, 5) is 11.7. The third-order valence-corrected chi connectivity index (χ3v) is 2.71. The first-order valence-electron chi connectivity index (χ1n) is 7.21. The average molecular weight is 334 g/mol. The smallest absolute Gasteiger partial charge is 0.340 e. The lowest BCUT2D eigenvalue weighted by Gasteiger charge is -2.10. The second-order valence-corrected chi connectivity index (χ2v) is 4.39. The number of aromatic nitrogens is 2. The van der Waals surface area contributed by atoms with Crippen LogP contribution in [0.25, 0.3) is 0 Å². The van der Waals surface area contributed by atoms with Crippen LogP contribution < -0.4 is 25.9 Å². The molecule has 0 fully saturated rings. The van der Waals surface area contributed by atoms with Crippen LogP contribution in [0.4, 0.5) is 16.4 Å². The molecule has 2 rings (SSSR count). The van der Waals surface area contributed by atoms with Crippen LogP contribution in [-0.2, 0) is 0 Å². The molecular formula is C14H18N6O4. The summed E-state index contributed by atoms with van der Waals surface area (Å²) in [7, 11) is 0. The van der Waals surface area contributed by atoms with Gasteiger partial charge in [-0.15, -0.1) is 0 Å². The van der Waals surface area contributed by atoms with E-state index in [2.05, 4.69) is 30.8 Å². The van der Waals surface area contributed by atoms with Gasteiger partial charge in [0, 0.05) is 11.6 Å². The first kappa shape index (κ1) is 17.1. The maximum absolute atomic E-state index is 11.7. The summed E-state index contributed by atoms with van der Waals surface area (Å²) in [5, 5.41) is 12.9. The quantitative estimate of drug-likeness (QED) is 0.516. The Morgan fingerprint density at radius 3 is 2.79 bits per heavy atom. The molecule has 0 aliphatic carbocycles. The standard InChI is InChI=1S/C14H18N6O4/c1-3-22-10-6-5-9(11(7-10)23-4-2)8-16-18-14(21)17-13-12(15)19-24-20-13/h5-8H,3-4H2,1-2H3,(H2,15,19)(H2,17,18,20,21)/b16-8-. The van der Waals surface area contributed by atoms with Crippen molar-refractivity contribution in [2.24, 2.45) is 5.10 Å². The van der Waals surface area contributed by atoms with Gasteiger partial charge in [0.05, 0.1) is 19.4 Å². The van der Waals surface area contributed by atoms with Gasteiger partial charge in [-0.2, -0.15) is 5.10 Å². The number of urea groups is 1. The molecule has 24 heavy (non-hydrogen) atoms. The highest BCUT2D eigenvalue weighted by atomic mass is 16.6. The molecule has 1 aromatic heterocycles. The third-order valence-electron chi connectivity index (χ3n) is 2.71. The van der Waals surface area contributed by atoms with Crippen LogP contribution in [0.5, 0.6) is 11.5 Å². The number of hydrogen-bond acceptors (Lipinski definition) is 8. The fraction of sp³-hybridized carbons (Fsp3) is 0.286. The Balaban J connectivity index is 1.99. The van der Waals surface area contributed by atoms with Crippen molar-refractivity contribution in [3.63, 3.8) is 0 Å². The minimum absolute atomic E-state index is 0.0128. The molecule has 0 atom stereocenters. The Hall–Kier alpha value is -3.30. The molecule has 128 valence electrons. The molecule has 10 nitrogen and oxygen atoms in total. The Labute approximate surface area is 138 Å². The Bertz CT molecular complexity index is 715. The van der Waals surface area contributed by atoms with E-state index >= 15 is 0 Å². The van der Waals surface area contributed by atoms with Gasteiger partial charge in [-0.3, -0.25) is 5.32 Å². The summed E-state index contributed by atoms with van der Waals surface area (Å²) in [6.07, 6.45) is 1.45. The molecule has 0 aliphatic rings. The number of benzene rings is 1. The first-order valence-corrected chi connectivity index (χ1v) is 7.21. The Morgan fingerprint density at radius 2 is 2.12 bits per heavy atom. The fourth-order valence-electron chi connectivity index (χ4n) is 1.74. The predicted octanol–water partition coefficient (Wildman–Crippen LogP) is 1.60. The van der Waals surface area contributed by atoms with Gasteiger partial charge in [0.25, 0.3) is 0 Å². The number of amides is 2. The minimum Gasteiger partial charge on any atom is -0.494 e. The first-order chi connectivity index (χ1) is 11.6. The number of nitrogens with one attached hydrogen (secondary N) is 2. The number of ether oxygens (including phenoxy) is 2. The van der Waals surface area contributed by atoms with Gasteiger partial charge in [-0.1, -0.05) is 0 Å². The van der Waals surface area contributed by atoms with E-state index in [9.17, 15) is 4.79 Å². The summed E-state index contributed by atoms with van der Waals surface area (Å²) in [5.41, 5.74) is 8.38.